The highest BCUT2D eigenvalue weighted by Crippen LogP contribution is 2.13. The summed E-state index contributed by atoms with van der Waals surface area (Å²) in [5, 5.41) is 9.93. The van der Waals surface area contributed by atoms with Crippen molar-refractivity contribution in [2.45, 2.75) is 13.8 Å². The van der Waals surface area contributed by atoms with Gasteiger partial charge < -0.3 is 5.73 Å². The fourth-order valence-corrected chi connectivity index (χ4v) is 1.16. The summed E-state index contributed by atoms with van der Waals surface area (Å²) in [6.07, 6.45) is 0. The molecule has 1 rings (SSSR count). The number of rotatable bonds is 5. The molecule has 0 aliphatic carbocycles. The molecule has 0 aromatic heterocycles. The van der Waals surface area contributed by atoms with Crippen molar-refractivity contribution >= 4 is 11.6 Å². The zero-order chi connectivity index (χ0) is 12.0. The zero-order valence-corrected chi connectivity index (χ0v) is 9.55. The lowest BCUT2D eigenvalue weighted by atomic mass is 10.2. The number of hydrogen-bond acceptors (Lipinski definition) is 3. The van der Waals surface area contributed by atoms with Gasteiger partial charge in [0.15, 0.2) is 0 Å². The van der Waals surface area contributed by atoms with E-state index in [1.165, 1.54) is 0 Å². The molecule has 0 unspecified atom stereocenters. The summed E-state index contributed by atoms with van der Waals surface area (Å²) in [7, 11) is 0. The van der Waals surface area contributed by atoms with Crippen molar-refractivity contribution in [3.63, 3.8) is 0 Å². The third kappa shape index (κ3) is 3.34. The van der Waals surface area contributed by atoms with E-state index in [0.29, 0.717) is 11.3 Å². The number of carbonyl (C=O) groups excluding carboxylic acids is 1. The SMILES string of the molecule is CCN(CC)N=Nc1ccc(C(N)=O)cc1. The Labute approximate surface area is 94.9 Å². The Balaban J connectivity index is 2.71. The average Bonchev–Trinajstić information content (AvgIpc) is 2.31. The number of carbonyl (C=O) groups is 1. The minimum Gasteiger partial charge on any atom is -0.366 e. The second-order valence-electron chi connectivity index (χ2n) is 3.24. The minimum atomic E-state index is -0.438. The average molecular weight is 220 g/mol. The zero-order valence-electron chi connectivity index (χ0n) is 9.55. The summed E-state index contributed by atoms with van der Waals surface area (Å²) < 4.78 is 0. The molecule has 0 saturated heterocycles. The summed E-state index contributed by atoms with van der Waals surface area (Å²) in [6, 6.07) is 6.71. The number of hydrogen-bond donors (Lipinski definition) is 1. The Kier molecular flexibility index (Phi) is 4.44. The maximum atomic E-state index is 10.8. The normalized spacial score (nSPS) is 10.6. The monoisotopic (exact) mass is 220 g/mol. The van der Waals surface area contributed by atoms with E-state index < -0.39 is 5.91 Å². The Bertz CT molecular complexity index is 368. The quantitative estimate of drug-likeness (QED) is 0.610. The first-order valence-corrected chi connectivity index (χ1v) is 5.23. The molecule has 0 saturated carbocycles. The topological polar surface area (TPSA) is 71.1 Å². The fourth-order valence-electron chi connectivity index (χ4n) is 1.16. The molecule has 0 spiro atoms. The van der Waals surface area contributed by atoms with Crippen LogP contribution < -0.4 is 5.73 Å². The van der Waals surface area contributed by atoms with Gasteiger partial charge in [-0.2, -0.15) is 0 Å². The molecule has 0 aliphatic heterocycles. The predicted octanol–water partition coefficient (Wildman–Crippen LogP) is 2.13. The van der Waals surface area contributed by atoms with Gasteiger partial charge in [-0.1, -0.05) is 5.22 Å². The van der Waals surface area contributed by atoms with Crippen LogP contribution in [-0.2, 0) is 0 Å². The van der Waals surface area contributed by atoms with E-state index in [4.69, 9.17) is 5.73 Å². The molecule has 86 valence electrons. The lowest BCUT2D eigenvalue weighted by molar-refractivity contribution is 0.100. The van der Waals surface area contributed by atoms with Gasteiger partial charge in [0, 0.05) is 18.7 Å². The first-order chi connectivity index (χ1) is 7.67. The molecule has 2 N–H and O–H groups in total. The first kappa shape index (κ1) is 12.2. The minimum absolute atomic E-state index is 0.438. The molecule has 5 heteroatoms. The lowest BCUT2D eigenvalue weighted by Gasteiger charge is -2.10. The van der Waals surface area contributed by atoms with E-state index in [1.54, 1.807) is 24.3 Å². The van der Waals surface area contributed by atoms with Gasteiger partial charge in [-0.3, -0.25) is 9.80 Å². The van der Waals surface area contributed by atoms with Crippen molar-refractivity contribution in [3.05, 3.63) is 29.8 Å². The molecule has 0 aliphatic rings. The third-order valence-electron chi connectivity index (χ3n) is 2.17. The van der Waals surface area contributed by atoms with E-state index in [0.717, 1.165) is 13.1 Å². The molecule has 0 fully saturated rings. The predicted molar refractivity (Wildman–Crippen MR) is 62.4 cm³/mol. The number of benzene rings is 1. The molecule has 16 heavy (non-hydrogen) atoms. The van der Waals surface area contributed by atoms with Crippen molar-refractivity contribution in [3.8, 4) is 0 Å². The van der Waals surface area contributed by atoms with Crippen LogP contribution in [0.25, 0.3) is 0 Å². The lowest BCUT2D eigenvalue weighted by Crippen LogP contribution is -2.14. The van der Waals surface area contributed by atoms with Crippen LogP contribution in [0.1, 0.15) is 24.2 Å². The molecule has 0 radical (unpaired) electrons. The molecule has 5 nitrogen and oxygen atoms in total. The molecule has 1 amide bonds. The number of nitrogens with zero attached hydrogens (tertiary/aromatic N) is 3. The Hall–Kier alpha value is -1.91. The highest BCUT2D eigenvalue weighted by atomic mass is 16.1. The Morgan fingerprint density at radius 3 is 2.25 bits per heavy atom. The van der Waals surface area contributed by atoms with Crippen molar-refractivity contribution in [2.75, 3.05) is 13.1 Å². The second kappa shape index (κ2) is 5.85. The highest BCUT2D eigenvalue weighted by molar-refractivity contribution is 5.92. The van der Waals surface area contributed by atoms with E-state index >= 15 is 0 Å². The van der Waals surface area contributed by atoms with E-state index in [9.17, 15) is 4.79 Å². The van der Waals surface area contributed by atoms with Crippen LogP contribution in [0.5, 0.6) is 0 Å². The molecule has 1 aromatic rings. The summed E-state index contributed by atoms with van der Waals surface area (Å²) in [5.74, 6) is -0.438. The maximum absolute atomic E-state index is 10.8. The van der Waals surface area contributed by atoms with Crippen LogP contribution in [0.3, 0.4) is 0 Å². The standard InChI is InChI=1S/C11H16N4O/c1-3-15(4-2)14-13-10-7-5-9(6-8-10)11(12)16/h5-8H,3-4H2,1-2H3,(H2,12,16). The smallest absolute Gasteiger partial charge is 0.248 e. The van der Waals surface area contributed by atoms with Crippen LogP contribution in [-0.4, -0.2) is 24.0 Å². The molecular formula is C11H16N4O. The Morgan fingerprint density at radius 2 is 1.81 bits per heavy atom. The van der Waals surface area contributed by atoms with Crippen LogP contribution in [0.15, 0.2) is 34.6 Å². The summed E-state index contributed by atoms with van der Waals surface area (Å²) in [4.78, 5) is 10.8. The number of nitrogens with two attached hydrogens (primary N) is 1. The van der Waals surface area contributed by atoms with Crippen LogP contribution in [0.4, 0.5) is 5.69 Å². The van der Waals surface area contributed by atoms with Gasteiger partial charge in [0.2, 0.25) is 5.91 Å². The second-order valence-corrected chi connectivity index (χ2v) is 3.24. The molecule has 0 atom stereocenters. The van der Waals surface area contributed by atoms with E-state index in [1.807, 2.05) is 18.9 Å². The van der Waals surface area contributed by atoms with Crippen molar-refractivity contribution in [1.82, 2.24) is 5.01 Å². The number of primary amides is 1. The highest BCUT2D eigenvalue weighted by Gasteiger charge is 1.99. The van der Waals surface area contributed by atoms with Crippen LogP contribution in [0.2, 0.25) is 0 Å². The third-order valence-corrected chi connectivity index (χ3v) is 2.17. The molecular weight excluding hydrogens is 204 g/mol. The van der Waals surface area contributed by atoms with Crippen LogP contribution >= 0.6 is 0 Å². The first-order valence-electron chi connectivity index (χ1n) is 5.23. The molecule has 0 bridgehead atoms. The van der Waals surface area contributed by atoms with Gasteiger partial charge in [0.25, 0.3) is 0 Å². The van der Waals surface area contributed by atoms with Gasteiger partial charge in [0.1, 0.15) is 0 Å². The largest absolute Gasteiger partial charge is 0.366 e. The Morgan fingerprint density at radius 1 is 1.25 bits per heavy atom. The van der Waals surface area contributed by atoms with Gasteiger partial charge in [-0.25, -0.2) is 0 Å². The van der Waals surface area contributed by atoms with Gasteiger partial charge >= 0.3 is 0 Å². The summed E-state index contributed by atoms with van der Waals surface area (Å²) >= 11 is 0. The molecule has 1 aromatic carbocycles. The van der Waals surface area contributed by atoms with Crippen molar-refractivity contribution < 1.29 is 4.79 Å². The summed E-state index contributed by atoms with van der Waals surface area (Å²) in [5.41, 5.74) is 6.31. The van der Waals surface area contributed by atoms with Crippen molar-refractivity contribution in [1.29, 1.82) is 0 Å². The summed E-state index contributed by atoms with van der Waals surface area (Å²) in [6.45, 7) is 5.66. The maximum Gasteiger partial charge on any atom is 0.248 e. The fraction of sp³-hybridized carbons (Fsp3) is 0.364. The van der Waals surface area contributed by atoms with E-state index in [2.05, 4.69) is 10.3 Å². The van der Waals surface area contributed by atoms with Crippen molar-refractivity contribution in [2.24, 2.45) is 16.1 Å². The number of amides is 1. The molecule has 0 heterocycles. The van der Waals surface area contributed by atoms with Gasteiger partial charge in [-0.05, 0) is 38.1 Å². The van der Waals surface area contributed by atoms with Gasteiger partial charge in [0.05, 0.1) is 5.69 Å². The van der Waals surface area contributed by atoms with Crippen LogP contribution in [0, 0.1) is 0 Å². The van der Waals surface area contributed by atoms with Gasteiger partial charge in [-0.15, -0.1) is 5.11 Å². The van der Waals surface area contributed by atoms with E-state index in [-0.39, 0.29) is 0 Å².